The minimum absolute atomic E-state index is 0.00294. The lowest BCUT2D eigenvalue weighted by atomic mass is 9.72. The first-order chi connectivity index (χ1) is 18.6. The lowest BCUT2D eigenvalue weighted by Gasteiger charge is -2.32. The van der Waals surface area contributed by atoms with Gasteiger partial charge in [0.05, 0.1) is 5.56 Å². The van der Waals surface area contributed by atoms with Crippen LogP contribution in [-0.4, -0.2) is 11.1 Å². The van der Waals surface area contributed by atoms with Crippen molar-refractivity contribution < 1.29 is 9.90 Å². The van der Waals surface area contributed by atoms with Gasteiger partial charge in [-0.2, -0.15) is 0 Å². The summed E-state index contributed by atoms with van der Waals surface area (Å²) >= 11 is 0. The number of rotatable bonds is 4. The first-order valence-electron chi connectivity index (χ1n) is 14.2. The van der Waals surface area contributed by atoms with E-state index in [1.54, 1.807) is 0 Å². The van der Waals surface area contributed by atoms with E-state index in [0.717, 1.165) is 11.1 Å². The Bertz CT molecular complexity index is 1250. The van der Waals surface area contributed by atoms with Crippen molar-refractivity contribution in [1.82, 2.24) is 0 Å². The maximum absolute atomic E-state index is 11.9. The zero-order valence-electron chi connectivity index (χ0n) is 25.7. The molecule has 0 aromatic heterocycles. The fourth-order valence-electron chi connectivity index (χ4n) is 5.00. The molecular formula is C38H46O2. The molecule has 0 fully saturated rings. The molecule has 2 nitrogen and oxygen atoms in total. The Hall–Kier alpha value is -3.65. The zero-order chi connectivity index (χ0) is 29.7. The predicted molar refractivity (Wildman–Crippen MR) is 170 cm³/mol. The van der Waals surface area contributed by atoms with Crippen LogP contribution in [0.5, 0.6) is 0 Å². The van der Waals surface area contributed by atoms with Gasteiger partial charge in [-0.05, 0) is 49.6 Å². The molecule has 0 amide bonds. The standard InChI is InChI=1S/C19H30O2.C19H16/c1-17(2,3)12-10-13(18(4,5)6)15(16(20)21)14(11-12)19(7,8)9;1-4-10-16(11-5-1)19(17-12-6-2-7-13-17)18-14-8-3-9-15-18/h10-11H,1-9H3,(H,20,21);1-15,19H. The van der Waals surface area contributed by atoms with Crippen LogP contribution in [0.3, 0.4) is 0 Å². The molecule has 4 rings (SSSR count). The molecule has 0 unspecified atom stereocenters. The van der Waals surface area contributed by atoms with Crippen LogP contribution in [0, 0.1) is 0 Å². The van der Waals surface area contributed by atoms with E-state index in [2.05, 4.69) is 165 Å². The number of carboxylic acids is 1. The van der Waals surface area contributed by atoms with Crippen molar-refractivity contribution in [3.63, 3.8) is 0 Å². The summed E-state index contributed by atoms with van der Waals surface area (Å²) < 4.78 is 0. The van der Waals surface area contributed by atoms with Gasteiger partial charge in [-0.3, -0.25) is 0 Å². The van der Waals surface area contributed by atoms with Crippen LogP contribution in [0.2, 0.25) is 0 Å². The molecule has 0 atom stereocenters. The van der Waals surface area contributed by atoms with Crippen molar-refractivity contribution in [2.75, 3.05) is 0 Å². The number of hydrogen-bond acceptors (Lipinski definition) is 1. The van der Waals surface area contributed by atoms with Crippen molar-refractivity contribution >= 4 is 5.97 Å². The topological polar surface area (TPSA) is 37.3 Å². The Morgan fingerprint density at radius 1 is 0.525 bits per heavy atom. The number of aromatic carboxylic acids is 1. The van der Waals surface area contributed by atoms with Crippen LogP contribution in [0.15, 0.2) is 103 Å². The minimum Gasteiger partial charge on any atom is -0.478 e. The highest BCUT2D eigenvalue weighted by Crippen LogP contribution is 2.38. The number of carboxylic acid groups (broad SMARTS) is 1. The third-order valence-corrected chi connectivity index (χ3v) is 7.23. The van der Waals surface area contributed by atoms with Crippen LogP contribution in [-0.2, 0) is 16.2 Å². The molecule has 40 heavy (non-hydrogen) atoms. The monoisotopic (exact) mass is 534 g/mol. The summed E-state index contributed by atoms with van der Waals surface area (Å²) in [4.78, 5) is 11.9. The van der Waals surface area contributed by atoms with E-state index in [0.29, 0.717) is 11.5 Å². The highest BCUT2D eigenvalue weighted by Gasteiger charge is 2.31. The average molecular weight is 535 g/mol. The van der Waals surface area contributed by atoms with Crippen molar-refractivity contribution in [3.8, 4) is 0 Å². The highest BCUT2D eigenvalue weighted by molar-refractivity contribution is 5.92. The van der Waals surface area contributed by atoms with Gasteiger partial charge in [0.1, 0.15) is 0 Å². The van der Waals surface area contributed by atoms with Crippen molar-refractivity contribution in [2.24, 2.45) is 0 Å². The molecule has 2 heteroatoms. The minimum atomic E-state index is -0.828. The number of hydrogen-bond donors (Lipinski definition) is 1. The van der Waals surface area contributed by atoms with E-state index in [1.807, 2.05) is 0 Å². The van der Waals surface area contributed by atoms with Crippen LogP contribution in [0.25, 0.3) is 0 Å². The summed E-state index contributed by atoms with van der Waals surface area (Å²) in [5.74, 6) is -0.520. The summed E-state index contributed by atoms with van der Waals surface area (Å²) in [6, 6.07) is 36.2. The van der Waals surface area contributed by atoms with E-state index >= 15 is 0 Å². The van der Waals surface area contributed by atoms with Gasteiger partial charge < -0.3 is 5.11 Å². The molecule has 0 heterocycles. The molecular weight excluding hydrogens is 488 g/mol. The van der Waals surface area contributed by atoms with Gasteiger partial charge in [-0.15, -0.1) is 0 Å². The average Bonchev–Trinajstić information content (AvgIpc) is 2.89. The normalized spacial score (nSPS) is 12.1. The highest BCUT2D eigenvalue weighted by atomic mass is 16.4. The molecule has 0 radical (unpaired) electrons. The SMILES string of the molecule is CC(C)(C)c1cc(C(C)(C)C)c(C(=O)O)c(C(C)(C)C)c1.c1ccc(C(c2ccccc2)c2ccccc2)cc1. The Morgan fingerprint density at radius 3 is 1.05 bits per heavy atom. The van der Waals surface area contributed by atoms with E-state index in [9.17, 15) is 9.90 Å². The second kappa shape index (κ2) is 12.3. The first kappa shape index (κ1) is 30.9. The summed E-state index contributed by atoms with van der Waals surface area (Å²) in [6.07, 6.45) is 0. The molecule has 4 aromatic rings. The van der Waals surface area contributed by atoms with Crippen molar-refractivity contribution in [3.05, 3.63) is 142 Å². The Morgan fingerprint density at radius 2 is 0.825 bits per heavy atom. The summed E-state index contributed by atoms with van der Waals surface area (Å²) in [7, 11) is 0. The molecule has 0 bridgehead atoms. The number of carbonyl (C=O) groups is 1. The summed E-state index contributed by atoms with van der Waals surface area (Å²) in [5, 5.41) is 9.77. The maximum Gasteiger partial charge on any atom is 0.336 e. The van der Waals surface area contributed by atoms with E-state index in [1.165, 1.54) is 22.3 Å². The summed E-state index contributed by atoms with van der Waals surface area (Å²) in [5.41, 5.74) is 7.12. The molecule has 0 saturated heterocycles. The van der Waals surface area contributed by atoms with Crippen LogP contribution >= 0.6 is 0 Å². The Kier molecular flexibility index (Phi) is 9.46. The molecule has 0 saturated carbocycles. The second-order valence-electron chi connectivity index (χ2n) is 13.7. The fourth-order valence-corrected chi connectivity index (χ4v) is 5.00. The lowest BCUT2D eigenvalue weighted by molar-refractivity contribution is 0.0691. The molecule has 0 aliphatic carbocycles. The molecule has 210 valence electrons. The van der Waals surface area contributed by atoms with Gasteiger partial charge >= 0.3 is 5.97 Å². The zero-order valence-corrected chi connectivity index (χ0v) is 25.7. The van der Waals surface area contributed by atoms with E-state index < -0.39 is 5.97 Å². The molecule has 0 aliphatic heterocycles. The predicted octanol–water partition coefficient (Wildman–Crippen LogP) is 10.1. The van der Waals surface area contributed by atoms with Crippen LogP contribution < -0.4 is 0 Å². The van der Waals surface area contributed by atoms with Gasteiger partial charge in [0.15, 0.2) is 0 Å². The molecule has 0 aliphatic rings. The van der Waals surface area contributed by atoms with E-state index in [4.69, 9.17) is 0 Å². The first-order valence-corrected chi connectivity index (χ1v) is 14.2. The molecule has 0 spiro atoms. The van der Waals surface area contributed by atoms with Crippen LogP contribution in [0.1, 0.15) is 112 Å². The van der Waals surface area contributed by atoms with Gasteiger partial charge in [-0.1, -0.05) is 165 Å². The Labute approximate surface area is 242 Å². The largest absolute Gasteiger partial charge is 0.478 e. The fraction of sp³-hybridized carbons (Fsp3) is 0.342. The third-order valence-electron chi connectivity index (χ3n) is 7.23. The second-order valence-corrected chi connectivity index (χ2v) is 13.7. The molecule has 1 N–H and O–H groups in total. The Balaban J connectivity index is 0.000000221. The lowest BCUT2D eigenvalue weighted by Crippen LogP contribution is -2.26. The third kappa shape index (κ3) is 7.72. The summed E-state index contributed by atoms with van der Waals surface area (Å²) in [6.45, 7) is 19.0. The van der Waals surface area contributed by atoms with Gasteiger partial charge in [-0.25, -0.2) is 4.79 Å². The van der Waals surface area contributed by atoms with E-state index in [-0.39, 0.29) is 16.2 Å². The van der Waals surface area contributed by atoms with Gasteiger partial charge in [0.25, 0.3) is 0 Å². The molecule has 4 aromatic carbocycles. The maximum atomic E-state index is 11.9. The van der Waals surface area contributed by atoms with Crippen LogP contribution in [0.4, 0.5) is 0 Å². The van der Waals surface area contributed by atoms with Gasteiger partial charge in [0, 0.05) is 5.92 Å². The quantitative estimate of drug-likeness (QED) is 0.264. The number of benzene rings is 4. The smallest absolute Gasteiger partial charge is 0.336 e. The van der Waals surface area contributed by atoms with Crippen molar-refractivity contribution in [1.29, 1.82) is 0 Å². The van der Waals surface area contributed by atoms with Gasteiger partial charge in [0.2, 0.25) is 0 Å². The van der Waals surface area contributed by atoms with Crippen molar-refractivity contribution in [2.45, 2.75) is 84.5 Å².